The Balaban J connectivity index is 1.47. The molecule has 1 aliphatic heterocycles. The zero-order chi connectivity index (χ0) is 20.7. The molecule has 0 aromatic heterocycles. The van der Waals surface area contributed by atoms with Gasteiger partial charge in [-0.1, -0.05) is 23.8 Å². The molecule has 0 spiro atoms. The number of rotatable bonds is 8. The van der Waals surface area contributed by atoms with Gasteiger partial charge in [0.25, 0.3) is 5.91 Å². The van der Waals surface area contributed by atoms with Crippen molar-refractivity contribution in [1.82, 2.24) is 5.32 Å². The van der Waals surface area contributed by atoms with Gasteiger partial charge in [0.2, 0.25) is 0 Å². The lowest BCUT2D eigenvalue weighted by atomic mass is 9.97. The maximum atomic E-state index is 12.4. The molecule has 2 N–H and O–H groups in total. The lowest BCUT2D eigenvalue weighted by Crippen LogP contribution is -2.38. The van der Waals surface area contributed by atoms with E-state index in [1.54, 1.807) is 12.1 Å². The molecule has 8 heteroatoms. The minimum absolute atomic E-state index is 0.0596. The van der Waals surface area contributed by atoms with Gasteiger partial charge in [-0.2, -0.15) is 0 Å². The van der Waals surface area contributed by atoms with Crippen LogP contribution < -0.4 is 10.6 Å². The summed E-state index contributed by atoms with van der Waals surface area (Å²) in [6.07, 6.45) is 8.43. The third-order valence-corrected chi connectivity index (χ3v) is 6.99. The second-order valence-electron chi connectivity index (χ2n) is 7.57. The molecule has 29 heavy (non-hydrogen) atoms. The highest BCUT2D eigenvalue weighted by Gasteiger charge is 2.29. The standard InChI is InChI=1S/C21H28N2O5S/c24-20(23-17-11-13-29(26,27)15-17)14-28-21(25)18-8-4-5-9-19(18)22-12-10-16-6-2-1-3-7-16/h4-6,8-9,17,22H,1-3,7,10-15H2,(H,23,24). The van der Waals surface area contributed by atoms with E-state index in [0.29, 0.717) is 17.7 Å². The summed E-state index contributed by atoms with van der Waals surface area (Å²) in [6, 6.07) is 6.65. The fraction of sp³-hybridized carbons (Fsp3) is 0.524. The number of anilines is 1. The third-order valence-electron chi connectivity index (χ3n) is 5.23. The molecule has 158 valence electrons. The molecular formula is C21H28N2O5S. The van der Waals surface area contributed by atoms with E-state index in [1.165, 1.54) is 18.4 Å². The molecule has 1 aromatic rings. The number of para-hydroxylation sites is 1. The number of hydrogen-bond acceptors (Lipinski definition) is 6. The van der Waals surface area contributed by atoms with Gasteiger partial charge in [0, 0.05) is 18.3 Å². The first kappa shape index (κ1) is 21.4. The van der Waals surface area contributed by atoms with Crippen LogP contribution in [0, 0.1) is 0 Å². The Morgan fingerprint density at radius 3 is 2.72 bits per heavy atom. The van der Waals surface area contributed by atoms with E-state index in [-0.39, 0.29) is 11.5 Å². The van der Waals surface area contributed by atoms with Gasteiger partial charge in [-0.05, 0) is 50.7 Å². The lowest BCUT2D eigenvalue weighted by molar-refractivity contribution is -0.124. The Kier molecular flexibility index (Phi) is 7.30. The van der Waals surface area contributed by atoms with Crippen LogP contribution in [0.5, 0.6) is 0 Å². The monoisotopic (exact) mass is 420 g/mol. The summed E-state index contributed by atoms with van der Waals surface area (Å²) in [4.78, 5) is 24.4. The number of esters is 1. The van der Waals surface area contributed by atoms with Crippen molar-refractivity contribution in [3.8, 4) is 0 Å². The average molecular weight is 421 g/mol. The Morgan fingerprint density at radius 2 is 2.00 bits per heavy atom. The lowest BCUT2D eigenvalue weighted by Gasteiger charge is -2.15. The van der Waals surface area contributed by atoms with Crippen molar-refractivity contribution >= 4 is 27.4 Å². The first-order valence-corrected chi connectivity index (χ1v) is 11.9. The minimum Gasteiger partial charge on any atom is -0.452 e. The Morgan fingerprint density at radius 1 is 1.17 bits per heavy atom. The molecule has 1 heterocycles. The predicted molar refractivity (Wildman–Crippen MR) is 112 cm³/mol. The van der Waals surface area contributed by atoms with Crippen LogP contribution in [0.15, 0.2) is 35.9 Å². The van der Waals surface area contributed by atoms with Crippen LogP contribution in [0.2, 0.25) is 0 Å². The molecular weight excluding hydrogens is 392 g/mol. The molecule has 7 nitrogen and oxygen atoms in total. The van der Waals surface area contributed by atoms with Crippen LogP contribution >= 0.6 is 0 Å². The van der Waals surface area contributed by atoms with Crippen LogP contribution in [0.4, 0.5) is 5.69 Å². The molecule has 2 aliphatic rings. The summed E-state index contributed by atoms with van der Waals surface area (Å²) in [5.74, 6) is -1.06. The van der Waals surface area contributed by atoms with Gasteiger partial charge < -0.3 is 15.4 Å². The largest absolute Gasteiger partial charge is 0.452 e. The summed E-state index contributed by atoms with van der Waals surface area (Å²) in [7, 11) is -3.07. The first-order chi connectivity index (χ1) is 13.9. The van der Waals surface area contributed by atoms with E-state index in [1.807, 2.05) is 12.1 Å². The fourth-order valence-electron chi connectivity index (χ4n) is 3.69. The normalized spacial score (nSPS) is 20.6. The number of ether oxygens (including phenoxy) is 1. The number of benzene rings is 1. The molecule has 0 saturated carbocycles. The van der Waals surface area contributed by atoms with E-state index in [4.69, 9.17) is 4.74 Å². The summed E-state index contributed by atoms with van der Waals surface area (Å²) in [6.45, 7) is 0.295. The van der Waals surface area contributed by atoms with Crippen molar-refractivity contribution in [1.29, 1.82) is 0 Å². The minimum atomic E-state index is -3.07. The van der Waals surface area contributed by atoms with Crippen molar-refractivity contribution in [3.05, 3.63) is 41.5 Å². The van der Waals surface area contributed by atoms with E-state index < -0.39 is 34.4 Å². The quantitative estimate of drug-likeness (QED) is 0.495. The zero-order valence-electron chi connectivity index (χ0n) is 16.5. The van der Waals surface area contributed by atoms with Gasteiger partial charge in [-0.15, -0.1) is 0 Å². The Bertz CT molecular complexity index is 879. The molecule has 1 atom stereocenters. The molecule has 1 saturated heterocycles. The van der Waals surface area contributed by atoms with E-state index in [9.17, 15) is 18.0 Å². The van der Waals surface area contributed by atoms with Crippen LogP contribution in [-0.4, -0.2) is 51.0 Å². The molecule has 1 unspecified atom stereocenters. The number of nitrogens with one attached hydrogen (secondary N) is 2. The van der Waals surface area contributed by atoms with Crippen LogP contribution in [0.1, 0.15) is 48.9 Å². The van der Waals surface area contributed by atoms with Gasteiger partial charge in [0.15, 0.2) is 16.4 Å². The molecule has 0 bridgehead atoms. The van der Waals surface area contributed by atoms with Gasteiger partial charge in [0.05, 0.1) is 17.1 Å². The molecule has 1 amide bonds. The number of carbonyl (C=O) groups excluding carboxylic acids is 2. The van der Waals surface area contributed by atoms with Crippen molar-refractivity contribution in [2.75, 3.05) is 30.0 Å². The Labute approximate surface area is 171 Å². The molecule has 1 aliphatic carbocycles. The summed E-state index contributed by atoms with van der Waals surface area (Å²) < 4.78 is 28.0. The summed E-state index contributed by atoms with van der Waals surface area (Å²) in [5.41, 5.74) is 2.51. The second-order valence-corrected chi connectivity index (χ2v) is 9.80. The van der Waals surface area contributed by atoms with Crippen molar-refractivity contribution in [2.24, 2.45) is 0 Å². The Hall–Kier alpha value is -2.35. The summed E-state index contributed by atoms with van der Waals surface area (Å²) >= 11 is 0. The highest BCUT2D eigenvalue weighted by molar-refractivity contribution is 7.91. The van der Waals surface area contributed by atoms with Gasteiger partial charge in [0.1, 0.15) is 0 Å². The number of allylic oxidation sites excluding steroid dienone is 1. The van der Waals surface area contributed by atoms with Crippen LogP contribution in [0.25, 0.3) is 0 Å². The highest BCUT2D eigenvalue weighted by atomic mass is 32.2. The maximum absolute atomic E-state index is 12.4. The first-order valence-electron chi connectivity index (χ1n) is 10.1. The smallest absolute Gasteiger partial charge is 0.340 e. The topological polar surface area (TPSA) is 102 Å². The third kappa shape index (κ3) is 6.59. The van der Waals surface area contributed by atoms with E-state index in [2.05, 4.69) is 16.7 Å². The number of hydrogen-bond donors (Lipinski definition) is 2. The van der Waals surface area contributed by atoms with Gasteiger partial charge in [-0.3, -0.25) is 4.79 Å². The number of amides is 1. The van der Waals surface area contributed by atoms with Crippen molar-refractivity contribution < 1.29 is 22.7 Å². The highest BCUT2D eigenvalue weighted by Crippen LogP contribution is 2.21. The average Bonchev–Trinajstić information content (AvgIpc) is 3.05. The van der Waals surface area contributed by atoms with Gasteiger partial charge in [-0.25, -0.2) is 13.2 Å². The summed E-state index contributed by atoms with van der Waals surface area (Å²) in [5, 5.41) is 5.90. The molecule has 0 radical (unpaired) electrons. The second kappa shape index (κ2) is 9.91. The van der Waals surface area contributed by atoms with Crippen LogP contribution in [0.3, 0.4) is 0 Å². The predicted octanol–water partition coefficient (Wildman–Crippen LogP) is 2.45. The zero-order valence-corrected chi connectivity index (χ0v) is 17.3. The van der Waals surface area contributed by atoms with E-state index >= 15 is 0 Å². The van der Waals surface area contributed by atoms with Crippen LogP contribution in [-0.2, 0) is 19.4 Å². The SMILES string of the molecule is O=C(COC(=O)c1ccccc1NCCC1=CCCCC1)NC1CCS(=O)(=O)C1. The number of sulfone groups is 1. The molecule has 1 aromatic carbocycles. The number of carbonyl (C=O) groups is 2. The van der Waals surface area contributed by atoms with Crippen molar-refractivity contribution in [2.45, 2.75) is 44.6 Å². The van der Waals surface area contributed by atoms with Crippen molar-refractivity contribution in [3.63, 3.8) is 0 Å². The van der Waals surface area contributed by atoms with E-state index in [0.717, 1.165) is 25.8 Å². The molecule has 3 rings (SSSR count). The van der Waals surface area contributed by atoms with Gasteiger partial charge >= 0.3 is 5.97 Å². The fourth-order valence-corrected chi connectivity index (χ4v) is 5.37. The maximum Gasteiger partial charge on any atom is 0.340 e. The molecule has 1 fully saturated rings.